The van der Waals surface area contributed by atoms with E-state index in [0.717, 1.165) is 37.2 Å². The van der Waals surface area contributed by atoms with Crippen LogP contribution in [0.1, 0.15) is 5.56 Å². The van der Waals surface area contributed by atoms with Crippen LogP contribution in [0, 0.1) is 0 Å². The largest absolute Gasteiger partial charge is 0.351 e. The molecule has 2 N–H and O–H groups in total. The van der Waals surface area contributed by atoms with E-state index in [1.54, 1.807) is 4.90 Å². The molecule has 0 radical (unpaired) electrons. The fourth-order valence-corrected chi connectivity index (χ4v) is 2.24. The Balaban J connectivity index is 0.00000162. The van der Waals surface area contributed by atoms with Crippen LogP contribution in [0.25, 0.3) is 0 Å². The molecular formula is C12H17BrClN3O. The first-order chi connectivity index (χ1) is 8.15. The van der Waals surface area contributed by atoms with E-state index >= 15 is 0 Å². The highest BCUT2D eigenvalue weighted by molar-refractivity contribution is 9.10. The monoisotopic (exact) mass is 333 g/mol. The predicted octanol–water partition coefficient (Wildman–Crippen LogP) is 2.07. The molecule has 18 heavy (non-hydrogen) atoms. The van der Waals surface area contributed by atoms with Crippen LogP contribution in [0.5, 0.6) is 0 Å². The fraction of sp³-hybridized carbons (Fsp3) is 0.417. The first-order valence-electron chi connectivity index (χ1n) is 5.66. The van der Waals surface area contributed by atoms with Gasteiger partial charge in [-0.25, -0.2) is 4.79 Å². The lowest BCUT2D eigenvalue weighted by molar-refractivity contribution is 0.140. The number of amides is 2. The van der Waals surface area contributed by atoms with Crippen molar-refractivity contribution in [2.75, 3.05) is 26.2 Å². The van der Waals surface area contributed by atoms with Gasteiger partial charge < -0.3 is 10.6 Å². The van der Waals surface area contributed by atoms with Crippen LogP contribution in [0.15, 0.2) is 28.7 Å². The quantitative estimate of drug-likeness (QED) is 0.900. The molecule has 2 rings (SSSR count). The van der Waals surface area contributed by atoms with Crippen molar-refractivity contribution in [3.63, 3.8) is 0 Å². The molecular weight excluding hydrogens is 318 g/mol. The van der Waals surface area contributed by atoms with Crippen molar-refractivity contribution < 1.29 is 4.79 Å². The Kier molecular flexibility index (Phi) is 5.91. The van der Waals surface area contributed by atoms with Crippen LogP contribution in [0.3, 0.4) is 0 Å². The molecule has 100 valence electrons. The Morgan fingerprint density at radius 2 is 1.72 bits per heavy atom. The molecule has 1 aliphatic heterocycles. The van der Waals surface area contributed by atoms with Gasteiger partial charge in [0.05, 0.1) is 0 Å². The summed E-state index contributed by atoms with van der Waals surface area (Å²) < 4.78 is 1.10. The minimum absolute atomic E-state index is 0. The molecule has 4 nitrogen and oxygen atoms in total. The second-order valence-corrected chi connectivity index (χ2v) is 5.14. The van der Waals surface area contributed by atoms with Crippen molar-refractivity contribution in [1.29, 1.82) is 0 Å². The van der Waals surface area contributed by atoms with Crippen molar-refractivity contribution in [2.45, 2.75) is 6.54 Å². The predicted molar refractivity (Wildman–Crippen MR) is 77.8 cm³/mol. The third-order valence-electron chi connectivity index (χ3n) is 3.00. The van der Waals surface area contributed by atoms with Crippen molar-refractivity contribution in [2.24, 2.45) is 5.73 Å². The maximum atomic E-state index is 11.0. The third-order valence-corrected chi connectivity index (χ3v) is 3.53. The number of hydrogen-bond acceptors (Lipinski definition) is 2. The van der Waals surface area contributed by atoms with Crippen molar-refractivity contribution in [3.05, 3.63) is 34.3 Å². The number of carbonyl (C=O) groups is 1. The lowest BCUT2D eigenvalue weighted by atomic mass is 10.2. The first kappa shape index (κ1) is 15.3. The molecule has 1 saturated heterocycles. The van der Waals surface area contributed by atoms with E-state index in [4.69, 9.17) is 5.73 Å². The lowest BCUT2D eigenvalue weighted by Crippen LogP contribution is -2.50. The summed E-state index contributed by atoms with van der Waals surface area (Å²) in [5.41, 5.74) is 6.54. The molecule has 0 spiro atoms. The van der Waals surface area contributed by atoms with Crippen LogP contribution in [-0.2, 0) is 6.54 Å². The molecule has 1 heterocycles. The van der Waals surface area contributed by atoms with Gasteiger partial charge in [0.1, 0.15) is 0 Å². The highest BCUT2D eigenvalue weighted by Gasteiger charge is 2.18. The molecule has 1 aromatic carbocycles. The maximum absolute atomic E-state index is 11.0. The minimum Gasteiger partial charge on any atom is -0.351 e. The van der Waals surface area contributed by atoms with Crippen LogP contribution >= 0.6 is 28.3 Å². The number of urea groups is 1. The summed E-state index contributed by atoms with van der Waals surface area (Å²) in [5, 5.41) is 0. The normalized spacial score (nSPS) is 16.2. The van der Waals surface area contributed by atoms with E-state index in [0.29, 0.717) is 0 Å². The van der Waals surface area contributed by atoms with Gasteiger partial charge in [0.15, 0.2) is 0 Å². The third kappa shape index (κ3) is 4.15. The van der Waals surface area contributed by atoms with Gasteiger partial charge in [-0.3, -0.25) is 4.90 Å². The Labute approximate surface area is 122 Å². The molecule has 0 atom stereocenters. The summed E-state index contributed by atoms with van der Waals surface area (Å²) in [6, 6.07) is 8.02. The zero-order chi connectivity index (χ0) is 12.3. The smallest absolute Gasteiger partial charge is 0.314 e. The molecule has 2 amide bonds. The molecule has 0 unspecified atom stereocenters. The first-order valence-corrected chi connectivity index (χ1v) is 6.45. The van der Waals surface area contributed by atoms with Crippen molar-refractivity contribution in [1.82, 2.24) is 9.80 Å². The molecule has 0 saturated carbocycles. The van der Waals surface area contributed by atoms with Gasteiger partial charge in [-0.05, 0) is 17.7 Å². The van der Waals surface area contributed by atoms with Crippen molar-refractivity contribution >= 4 is 34.4 Å². The van der Waals surface area contributed by atoms with Crippen LogP contribution in [0.4, 0.5) is 4.79 Å². The van der Waals surface area contributed by atoms with E-state index < -0.39 is 0 Å². The molecule has 0 aromatic heterocycles. The summed E-state index contributed by atoms with van der Waals surface area (Å²) >= 11 is 3.42. The number of primary amides is 1. The molecule has 6 heteroatoms. The number of carbonyl (C=O) groups excluding carboxylic acids is 1. The Morgan fingerprint density at radius 3 is 2.22 bits per heavy atom. The maximum Gasteiger partial charge on any atom is 0.314 e. The Hall–Kier alpha value is -0.780. The number of halogens is 2. The zero-order valence-corrected chi connectivity index (χ0v) is 12.4. The van der Waals surface area contributed by atoms with Crippen molar-refractivity contribution in [3.8, 4) is 0 Å². The van der Waals surface area contributed by atoms with E-state index in [2.05, 4.69) is 45.1 Å². The number of rotatable bonds is 2. The molecule has 1 aromatic rings. The minimum atomic E-state index is -0.312. The molecule has 1 fully saturated rings. The Morgan fingerprint density at radius 1 is 1.17 bits per heavy atom. The van der Waals surface area contributed by atoms with E-state index in [-0.39, 0.29) is 18.4 Å². The van der Waals surface area contributed by atoms with Gasteiger partial charge >= 0.3 is 6.03 Å². The van der Waals surface area contributed by atoms with Crippen LogP contribution < -0.4 is 5.73 Å². The number of piperazine rings is 1. The second kappa shape index (κ2) is 6.97. The second-order valence-electron chi connectivity index (χ2n) is 4.23. The molecule has 1 aliphatic rings. The van der Waals surface area contributed by atoms with Gasteiger partial charge in [-0.15, -0.1) is 12.4 Å². The standard InChI is InChI=1S/C12H16BrN3O.ClH/c13-11-3-1-10(2-4-11)9-15-5-7-16(8-6-15)12(14)17;/h1-4H,5-9H2,(H2,14,17);1H. The Bertz CT molecular complexity index is 391. The van der Waals surface area contributed by atoms with Crippen LogP contribution in [0.2, 0.25) is 0 Å². The summed E-state index contributed by atoms with van der Waals surface area (Å²) in [6.07, 6.45) is 0. The summed E-state index contributed by atoms with van der Waals surface area (Å²) in [5.74, 6) is 0. The number of nitrogens with two attached hydrogens (primary N) is 1. The van der Waals surface area contributed by atoms with E-state index in [9.17, 15) is 4.79 Å². The fourth-order valence-electron chi connectivity index (χ4n) is 1.97. The topological polar surface area (TPSA) is 49.6 Å². The number of hydrogen-bond donors (Lipinski definition) is 1. The van der Waals surface area contributed by atoms with Gasteiger partial charge in [-0.1, -0.05) is 28.1 Å². The van der Waals surface area contributed by atoms with E-state index in [1.165, 1.54) is 5.56 Å². The van der Waals surface area contributed by atoms with Gasteiger partial charge in [0.25, 0.3) is 0 Å². The van der Waals surface area contributed by atoms with Gasteiger partial charge in [0.2, 0.25) is 0 Å². The highest BCUT2D eigenvalue weighted by atomic mass is 79.9. The van der Waals surface area contributed by atoms with Gasteiger partial charge in [0, 0.05) is 37.2 Å². The highest BCUT2D eigenvalue weighted by Crippen LogP contribution is 2.13. The average Bonchev–Trinajstić information content (AvgIpc) is 2.33. The zero-order valence-electron chi connectivity index (χ0n) is 10.0. The molecule has 0 aliphatic carbocycles. The van der Waals surface area contributed by atoms with Crippen LogP contribution in [-0.4, -0.2) is 42.0 Å². The molecule has 0 bridgehead atoms. The van der Waals surface area contributed by atoms with E-state index in [1.807, 2.05) is 0 Å². The average molecular weight is 335 g/mol. The number of nitrogens with zero attached hydrogens (tertiary/aromatic N) is 2. The summed E-state index contributed by atoms with van der Waals surface area (Å²) in [6.45, 7) is 4.16. The summed E-state index contributed by atoms with van der Waals surface area (Å²) in [4.78, 5) is 15.0. The number of benzene rings is 1. The summed E-state index contributed by atoms with van der Waals surface area (Å²) in [7, 11) is 0. The SMILES string of the molecule is Cl.NC(=O)N1CCN(Cc2ccc(Br)cc2)CC1. The lowest BCUT2D eigenvalue weighted by Gasteiger charge is -2.33. The van der Waals surface area contributed by atoms with Gasteiger partial charge in [-0.2, -0.15) is 0 Å².